The summed E-state index contributed by atoms with van der Waals surface area (Å²) in [6.07, 6.45) is 0.156. The zero-order valence-corrected chi connectivity index (χ0v) is 17.9. The third kappa shape index (κ3) is 5.43. The minimum absolute atomic E-state index is 0.156. The number of ether oxygens (including phenoxy) is 2. The van der Waals surface area contributed by atoms with Crippen LogP contribution in [0.3, 0.4) is 0 Å². The van der Waals surface area contributed by atoms with Crippen LogP contribution in [0.2, 0.25) is 0 Å². The molecule has 1 aromatic carbocycles. The van der Waals surface area contributed by atoms with Gasteiger partial charge < -0.3 is 14.4 Å². The van der Waals surface area contributed by atoms with Crippen molar-refractivity contribution in [3.8, 4) is 21.7 Å². The van der Waals surface area contributed by atoms with Gasteiger partial charge in [-0.15, -0.1) is 22.7 Å². The molecule has 3 aromatic rings. The SMILES string of the molecule is CCOc1ccc(N(CCC#N)C(=O)COC(=O)c2csc(-c3cccs3)n2)cc1. The molecule has 2 aromatic heterocycles. The number of rotatable bonds is 9. The maximum atomic E-state index is 12.7. The molecule has 0 N–H and O–H groups in total. The zero-order chi connectivity index (χ0) is 21.3. The van der Waals surface area contributed by atoms with E-state index >= 15 is 0 Å². The Labute approximate surface area is 182 Å². The van der Waals surface area contributed by atoms with Gasteiger partial charge in [0.15, 0.2) is 12.3 Å². The number of benzene rings is 1. The number of thiophene rings is 1. The van der Waals surface area contributed by atoms with Gasteiger partial charge in [0.1, 0.15) is 10.8 Å². The van der Waals surface area contributed by atoms with Crippen LogP contribution in [0.1, 0.15) is 23.8 Å². The van der Waals surface area contributed by atoms with Crippen molar-refractivity contribution in [3.63, 3.8) is 0 Å². The number of aromatic nitrogens is 1. The van der Waals surface area contributed by atoms with E-state index in [0.717, 1.165) is 9.88 Å². The highest BCUT2D eigenvalue weighted by Crippen LogP contribution is 2.28. The quantitative estimate of drug-likeness (QED) is 0.458. The van der Waals surface area contributed by atoms with Gasteiger partial charge in [-0.05, 0) is 42.6 Å². The van der Waals surface area contributed by atoms with Crippen LogP contribution < -0.4 is 9.64 Å². The summed E-state index contributed by atoms with van der Waals surface area (Å²) in [5, 5.41) is 13.2. The van der Waals surface area contributed by atoms with E-state index in [0.29, 0.717) is 18.0 Å². The van der Waals surface area contributed by atoms with Crippen LogP contribution in [0.15, 0.2) is 47.2 Å². The highest BCUT2D eigenvalue weighted by Gasteiger charge is 2.20. The van der Waals surface area contributed by atoms with Crippen molar-refractivity contribution in [2.45, 2.75) is 13.3 Å². The van der Waals surface area contributed by atoms with Gasteiger partial charge in [0, 0.05) is 17.6 Å². The maximum Gasteiger partial charge on any atom is 0.358 e. The standard InChI is InChI=1S/C21H19N3O4S2/c1-2-27-16-8-6-15(7-9-16)24(11-4-10-22)19(25)13-28-21(26)17-14-30-20(23-17)18-5-3-12-29-18/h3,5-9,12,14H,2,4,11,13H2,1H3. The second kappa shape index (κ2) is 10.5. The first kappa shape index (κ1) is 21.5. The first-order valence-corrected chi connectivity index (χ1v) is 10.9. The van der Waals surface area contributed by atoms with Crippen molar-refractivity contribution in [1.29, 1.82) is 5.26 Å². The van der Waals surface area contributed by atoms with E-state index in [1.54, 1.807) is 29.6 Å². The first-order chi connectivity index (χ1) is 14.6. The molecule has 0 radical (unpaired) electrons. The molecule has 0 saturated heterocycles. The summed E-state index contributed by atoms with van der Waals surface area (Å²) in [6, 6.07) is 12.8. The number of carbonyl (C=O) groups is 2. The van der Waals surface area contributed by atoms with E-state index in [1.807, 2.05) is 30.5 Å². The summed E-state index contributed by atoms with van der Waals surface area (Å²) in [5.41, 5.74) is 0.768. The minimum atomic E-state index is -0.658. The molecule has 0 aliphatic rings. The summed E-state index contributed by atoms with van der Waals surface area (Å²) in [7, 11) is 0. The number of anilines is 1. The summed E-state index contributed by atoms with van der Waals surface area (Å²) in [6.45, 7) is 2.18. The molecular weight excluding hydrogens is 422 g/mol. The van der Waals surface area contributed by atoms with Crippen molar-refractivity contribution in [2.24, 2.45) is 0 Å². The van der Waals surface area contributed by atoms with Gasteiger partial charge in [0.2, 0.25) is 0 Å². The Bertz CT molecular complexity index is 1020. The van der Waals surface area contributed by atoms with Crippen LogP contribution in [0.4, 0.5) is 5.69 Å². The molecule has 3 rings (SSSR count). The molecule has 9 heteroatoms. The smallest absolute Gasteiger partial charge is 0.358 e. The number of hydrogen-bond donors (Lipinski definition) is 0. The minimum Gasteiger partial charge on any atom is -0.494 e. The fourth-order valence-corrected chi connectivity index (χ4v) is 4.21. The Kier molecular flexibility index (Phi) is 7.54. The number of nitrogens with zero attached hydrogens (tertiary/aromatic N) is 3. The average molecular weight is 442 g/mol. The Morgan fingerprint density at radius 3 is 2.67 bits per heavy atom. The highest BCUT2D eigenvalue weighted by atomic mass is 32.1. The van der Waals surface area contributed by atoms with Crippen LogP contribution in [-0.4, -0.2) is 36.6 Å². The zero-order valence-electron chi connectivity index (χ0n) is 16.2. The van der Waals surface area contributed by atoms with Gasteiger partial charge in [0.05, 0.1) is 24.0 Å². The van der Waals surface area contributed by atoms with Crippen LogP contribution in [0, 0.1) is 11.3 Å². The lowest BCUT2D eigenvalue weighted by Crippen LogP contribution is -2.35. The van der Waals surface area contributed by atoms with E-state index in [1.165, 1.54) is 27.6 Å². The summed E-state index contributed by atoms with van der Waals surface area (Å²) in [4.78, 5) is 31.7. The molecule has 0 fully saturated rings. The summed E-state index contributed by atoms with van der Waals surface area (Å²) >= 11 is 2.88. The van der Waals surface area contributed by atoms with Crippen molar-refractivity contribution in [2.75, 3.05) is 24.7 Å². The van der Waals surface area contributed by atoms with Gasteiger partial charge in [-0.2, -0.15) is 5.26 Å². The predicted molar refractivity (Wildman–Crippen MR) is 116 cm³/mol. The molecule has 2 heterocycles. The van der Waals surface area contributed by atoms with E-state index in [2.05, 4.69) is 4.98 Å². The monoisotopic (exact) mass is 441 g/mol. The normalized spacial score (nSPS) is 10.3. The third-order valence-corrected chi connectivity index (χ3v) is 5.86. The summed E-state index contributed by atoms with van der Waals surface area (Å²) in [5.74, 6) is -0.392. The number of amides is 1. The lowest BCUT2D eigenvalue weighted by molar-refractivity contribution is -0.121. The Morgan fingerprint density at radius 1 is 1.20 bits per heavy atom. The van der Waals surface area contributed by atoms with Crippen molar-refractivity contribution in [1.82, 2.24) is 4.98 Å². The molecule has 154 valence electrons. The van der Waals surface area contributed by atoms with Crippen LogP contribution in [0.25, 0.3) is 9.88 Å². The van der Waals surface area contributed by atoms with E-state index in [9.17, 15) is 9.59 Å². The van der Waals surface area contributed by atoms with Crippen molar-refractivity contribution >= 4 is 40.2 Å². The molecule has 30 heavy (non-hydrogen) atoms. The number of esters is 1. The second-order valence-electron chi connectivity index (χ2n) is 5.97. The Morgan fingerprint density at radius 2 is 2.00 bits per heavy atom. The van der Waals surface area contributed by atoms with Gasteiger partial charge in [-0.3, -0.25) is 4.79 Å². The fraction of sp³-hybridized carbons (Fsp3) is 0.238. The largest absolute Gasteiger partial charge is 0.494 e. The maximum absolute atomic E-state index is 12.7. The van der Waals surface area contributed by atoms with Crippen molar-refractivity contribution < 1.29 is 19.1 Å². The molecule has 0 unspecified atom stereocenters. The third-order valence-electron chi connectivity index (χ3n) is 3.98. The predicted octanol–water partition coefficient (Wildman–Crippen LogP) is 4.37. The topological polar surface area (TPSA) is 92.5 Å². The molecule has 0 saturated carbocycles. The Hall–Kier alpha value is -3.22. The average Bonchev–Trinajstić information content (AvgIpc) is 3.45. The number of carbonyl (C=O) groups excluding carboxylic acids is 2. The molecule has 7 nitrogen and oxygen atoms in total. The summed E-state index contributed by atoms with van der Waals surface area (Å²) < 4.78 is 10.6. The number of nitriles is 1. The van der Waals surface area contributed by atoms with Crippen molar-refractivity contribution in [3.05, 3.63) is 52.9 Å². The number of thiazole rings is 1. The second-order valence-corrected chi connectivity index (χ2v) is 7.78. The lowest BCUT2D eigenvalue weighted by Gasteiger charge is -2.21. The molecule has 0 bridgehead atoms. The molecule has 0 aliphatic carbocycles. The highest BCUT2D eigenvalue weighted by molar-refractivity contribution is 7.20. The van der Waals surface area contributed by atoms with E-state index in [4.69, 9.17) is 14.7 Å². The van der Waals surface area contributed by atoms with Gasteiger partial charge >= 0.3 is 5.97 Å². The molecule has 1 amide bonds. The lowest BCUT2D eigenvalue weighted by atomic mass is 10.2. The van der Waals surface area contributed by atoms with Gasteiger partial charge in [0.25, 0.3) is 5.91 Å². The van der Waals surface area contributed by atoms with Gasteiger partial charge in [-0.25, -0.2) is 9.78 Å². The number of hydrogen-bond acceptors (Lipinski definition) is 8. The Balaban J connectivity index is 1.63. The van der Waals surface area contributed by atoms with E-state index < -0.39 is 18.5 Å². The van der Waals surface area contributed by atoms with Crippen LogP contribution in [0.5, 0.6) is 5.75 Å². The fourth-order valence-electron chi connectivity index (χ4n) is 2.61. The molecule has 0 spiro atoms. The molecule has 0 atom stereocenters. The van der Waals surface area contributed by atoms with Gasteiger partial charge in [-0.1, -0.05) is 6.07 Å². The molecular formula is C21H19N3O4S2. The van der Waals surface area contributed by atoms with E-state index in [-0.39, 0.29) is 18.7 Å². The molecule has 0 aliphatic heterocycles. The van der Waals surface area contributed by atoms with Crippen LogP contribution in [-0.2, 0) is 9.53 Å². The van der Waals surface area contributed by atoms with Crippen LogP contribution >= 0.6 is 22.7 Å². The first-order valence-electron chi connectivity index (χ1n) is 9.19.